The minimum absolute atomic E-state index is 0.0135. The van der Waals surface area contributed by atoms with Gasteiger partial charge < -0.3 is 9.80 Å². The van der Waals surface area contributed by atoms with Crippen molar-refractivity contribution in [2.75, 3.05) is 45.8 Å². The van der Waals surface area contributed by atoms with E-state index in [1.54, 1.807) is 0 Å². The van der Waals surface area contributed by atoms with Gasteiger partial charge in [0.1, 0.15) is 10.7 Å². The number of nitrogens with zero attached hydrogens (tertiary/aromatic N) is 4. The zero-order valence-electron chi connectivity index (χ0n) is 16.0. The first kappa shape index (κ1) is 19.1. The van der Waals surface area contributed by atoms with Crippen LogP contribution in [0.1, 0.15) is 29.8 Å². The Morgan fingerprint density at radius 3 is 2.32 bits per heavy atom. The van der Waals surface area contributed by atoms with Gasteiger partial charge in [-0.05, 0) is 19.3 Å². The first-order chi connectivity index (χ1) is 13.7. The lowest BCUT2D eigenvalue weighted by Gasteiger charge is -2.35. The third-order valence-electron chi connectivity index (χ3n) is 5.47. The highest BCUT2D eigenvalue weighted by Gasteiger charge is 2.26. The third-order valence-corrected chi connectivity index (χ3v) is 6.36. The van der Waals surface area contributed by atoms with Gasteiger partial charge in [-0.15, -0.1) is 11.3 Å². The molecule has 2 saturated heterocycles. The molecule has 148 valence electrons. The molecule has 0 aliphatic carbocycles. The Morgan fingerprint density at radius 1 is 0.893 bits per heavy atom. The Labute approximate surface area is 169 Å². The second-order valence-electron chi connectivity index (χ2n) is 7.41. The summed E-state index contributed by atoms with van der Waals surface area (Å²) in [5, 5.41) is 2.71. The van der Waals surface area contributed by atoms with Gasteiger partial charge >= 0.3 is 0 Å². The van der Waals surface area contributed by atoms with Crippen LogP contribution in [0, 0.1) is 0 Å². The number of hydrogen-bond donors (Lipinski definition) is 0. The van der Waals surface area contributed by atoms with Crippen molar-refractivity contribution in [2.24, 2.45) is 0 Å². The molecule has 6 nitrogen and oxygen atoms in total. The minimum Gasteiger partial charge on any atom is -0.342 e. The van der Waals surface area contributed by atoms with Crippen LogP contribution >= 0.6 is 11.3 Å². The van der Waals surface area contributed by atoms with Crippen LogP contribution in [0.4, 0.5) is 0 Å². The fourth-order valence-electron chi connectivity index (χ4n) is 3.79. The molecule has 2 aliphatic heterocycles. The summed E-state index contributed by atoms with van der Waals surface area (Å²) in [6.45, 7) is 5.02. The van der Waals surface area contributed by atoms with Crippen molar-refractivity contribution < 1.29 is 9.59 Å². The van der Waals surface area contributed by atoms with Gasteiger partial charge in [0.15, 0.2) is 0 Å². The molecule has 2 amide bonds. The fraction of sp³-hybridized carbons (Fsp3) is 0.476. The first-order valence-corrected chi connectivity index (χ1v) is 10.9. The molecule has 1 aromatic carbocycles. The maximum Gasteiger partial charge on any atom is 0.273 e. The number of hydrogen-bond acceptors (Lipinski definition) is 5. The van der Waals surface area contributed by atoms with Gasteiger partial charge in [0.05, 0.1) is 6.54 Å². The van der Waals surface area contributed by atoms with Gasteiger partial charge in [-0.2, -0.15) is 0 Å². The number of piperidine rings is 1. The lowest BCUT2D eigenvalue weighted by atomic mass is 10.1. The van der Waals surface area contributed by atoms with E-state index in [1.165, 1.54) is 17.8 Å². The second-order valence-corrected chi connectivity index (χ2v) is 8.27. The average molecular weight is 399 g/mol. The molecule has 0 N–H and O–H groups in total. The van der Waals surface area contributed by atoms with Crippen molar-refractivity contribution in [3.63, 3.8) is 0 Å². The summed E-state index contributed by atoms with van der Waals surface area (Å²) < 4.78 is 0. The Bertz CT molecular complexity index is 809. The first-order valence-electron chi connectivity index (χ1n) is 10.0. The van der Waals surface area contributed by atoms with E-state index < -0.39 is 0 Å². The van der Waals surface area contributed by atoms with Crippen LogP contribution in [-0.4, -0.2) is 77.3 Å². The SMILES string of the molecule is O=C(CN1CCN(C(=O)c2csc(-c3ccccc3)n2)CC1)N1CCCCC1. The van der Waals surface area contributed by atoms with Crippen molar-refractivity contribution in [2.45, 2.75) is 19.3 Å². The Kier molecular flexibility index (Phi) is 6.02. The highest BCUT2D eigenvalue weighted by atomic mass is 32.1. The maximum absolute atomic E-state index is 12.8. The van der Waals surface area contributed by atoms with Crippen LogP contribution < -0.4 is 0 Å². The highest BCUT2D eigenvalue weighted by Crippen LogP contribution is 2.24. The number of likely N-dealkylation sites (tertiary alicyclic amines) is 1. The monoisotopic (exact) mass is 398 g/mol. The Balaban J connectivity index is 1.29. The lowest BCUT2D eigenvalue weighted by molar-refractivity contribution is -0.133. The molecule has 7 heteroatoms. The molecule has 0 atom stereocenters. The Hall–Kier alpha value is -2.25. The summed E-state index contributed by atoms with van der Waals surface area (Å²) in [7, 11) is 0. The predicted molar refractivity (Wildman–Crippen MR) is 110 cm³/mol. The van der Waals surface area contributed by atoms with Crippen molar-refractivity contribution in [3.05, 3.63) is 41.4 Å². The topological polar surface area (TPSA) is 56.8 Å². The van der Waals surface area contributed by atoms with E-state index in [1.807, 2.05) is 45.5 Å². The number of amides is 2. The van der Waals surface area contributed by atoms with Crippen molar-refractivity contribution in [1.82, 2.24) is 19.7 Å². The van der Waals surface area contributed by atoms with Crippen LogP contribution in [0.3, 0.4) is 0 Å². The van der Waals surface area contributed by atoms with Gasteiger partial charge in [0, 0.05) is 50.2 Å². The van der Waals surface area contributed by atoms with Gasteiger partial charge in [-0.3, -0.25) is 14.5 Å². The van der Waals surface area contributed by atoms with E-state index in [-0.39, 0.29) is 11.8 Å². The largest absolute Gasteiger partial charge is 0.342 e. The zero-order chi connectivity index (χ0) is 19.3. The third kappa shape index (κ3) is 4.42. The van der Waals surface area contributed by atoms with E-state index >= 15 is 0 Å². The van der Waals surface area contributed by atoms with Crippen LogP contribution in [0.25, 0.3) is 10.6 Å². The number of benzene rings is 1. The molecule has 0 bridgehead atoms. The van der Waals surface area contributed by atoms with E-state index in [0.29, 0.717) is 25.3 Å². The van der Waals surface area contributed by atoms with Crippen molar-refractivity contribution >= 4 is 23.2 Å². The van der Waals surface area contributed by atoms with E-state index in [9.17, 15) is 9.59 Å². The number of aromatic nitrogens is 1. The Morgan fingerprint density at radius 2 is 1.61 bits per heavy atom. The lowest BCUT2D eigenvalue weighted by Crippen LogP contribution is -2.52. The number of piperazine rings is 1. The summed E-state index contributed by atoms with van der Waals surface area (Å²) >= 11 is 1.50. The molecule has 2 fully saturated rings. The molecule has 1 aromatic heterocycles. The fourth-order valence-corrected chi connectivity index (χ4v) is 4.59. The summed E-state index contributed by atoms with van der Waals surface area (Å²) in [5.41, 5.74) is 1.55. The predicted octanol–water partition coefficient (Wildman–Crippen LogP) is 2.58. The molecule has 3 heterocycles. The van der Waals surface area contributed by atoms with Crippen molar-refractivity contribution in [3.8, 4) is 10.6 Å². The normalized spacial score (nSPS) is 18.3. The van der Waals surface area contributed by atoms with Crippen LogP contribution in [0.5, 0.6) is 0 Å². The average Bonchev–Trinajstić information content (AvgIpc) is 3.25. The van der Waals surface area contributed by atoms with Gasteiger partial charge in [-0.25, -0.2) is 4.98 Å². The van der Waals surface area contributed by atoms with E-state index in [0.717, 1.165) is 49.6 Å². The summed E-state index contributed by atoms with van der Waals surface area (Å²) in [6, 6.07) is 9.93. The highest BCUT2D eigenvalue weighted by molar-refractivity contribution is 7.13. The second kappa shape index (κ2) is 8.84. The molecule has 0 radical (unpaired) electrons. The molecule has 0 saturated carbocycles. The quantitative estimate of drug-likeness (QED) is 0.794. The summed E-state index contributed by atoms with van der Waals surface area (Å²) in [6.07, 6.45) is 3.46. The molecule has 2 aromatic rings. The summed E-state index contributed by atoms with van der Waals surface area (Å²) in [4.78, 5) is 35.8. The van der Waals surface area contributed by atoms with Crippen LogP contribution in [-0.2, 0) is 4.79 Å². The van der Waals surface area contributed by atoms with Gasteiger partial charge in [-0.1, -0.05) is 30.3 Å². The molecule has 28 heavy (non-hydrogen) atoms. The van der Waals surface area contributed by atoms with Crippen LogP contribution in [0.2, 0.25) is 0 Å². The minimum atomic E-state index is -0.0135. The smallest absolute Gasteiger partial charge is 0.273 e. The number of carbonyl (C=O) groups excluding carboxylic acids is 2. The molecule has 0 unspecified atom stereocenters. The molecular weight excluding hydrogens is 372 g/mol. The number of rotatable bonds is 4. The number of carbonyl (C=O) groups is 2. The zero-order valence-corrected chi connectivity index (χ0v) is 16.9. The molecule has 4 rings (SSSR count). The summed E-state index contributed by atoms with van der Waals surface area (Å²) in [5.74, 6) is 0.215. The van der Waals surface area contributed by atoms with Gasteiger partial charge in [0.2, 0.25) is 5.91 Å². The van der Waals surface area contributed by atoms with E-state index in [4.69, 9.17) is 0 Å². The standard InChI is InChI=1S/C21H26N4O2S/c26-19(24-9-5-2-6-10-24)15-23-11-13-25(14-12-23)21(27)18-16-28-20(22-18)17-7-3-1-4-8-17/h1,3-4,7-8,16H,2,5-6,9-15H2. The molecule has 2 aliphatic rings. The maximum atomic E-state index is 12.8. The number of thiazole rings is 1. The molecular formula is C21H26N4O2S. The van der Waals surface area contributed by atoms with E-state index in [2.05, 4.69) is 9.88 Å². The van der Waals surface area contributed by atoms with Gasteiger partial charge in [0.25, 0.3) is 5.91 Å². The van der Waals surface area contributed by atoms with Crippen LogP contribution in [0.15, 0.2) is 35.7 Å². The molecule has 0 spiro atoms. The van der Waals surface area contributed by atoms with Crippen molar-refractivity contribution in [1.29, 1.82) is 0 Å².